The van der Waals surface area contributed by atoms with Gasteiger partial charge >= 0.3 is 6.09 Å². The number of nitrogens with one attached hydrogen (secondary N) is 2. The summed E-state index contributed by atoms with van der Waals surface area (Å²) in [5.74, 6) is 1.40. The van der Waals surface area contributed by atoms with E-state index in [1.165, 1.54) is 11.3 Å². The van der Waals surface area contributed by atoms with E-state index < -0.39 is 0 Å². The zero-order valence-electron chi connectivity index (χ0n) is 18.7. The van der Waals surface area contributed by atoms with E-state index in [2.05, 4.69) is 39.6 Å². The van der Waals surface area contributed by atoms with Gasteiger partial charge in [0.2, 0.25) is 0 Å². The van der Waals surface area contributed by atoms with Gasteiger partial charge in [-0.2, -0.15) is 0 Å². The van der Waals surface area contributed by atoms with Gasteiger partial charge in [0.1, 0.15) is 0 Å². The normalized spacial score (nSPS) is 19.7. The predicted octanol–water partition coefficient (Wildman–Crippen LogP) is 3.88. The lowest BCUT2D eigenvalue weighted by molar-refractivity contribution is 0.0963. The first-order valence-corrected chi connectivity index (χ1v) is 11.3. The number of ether oxygens (including phenoxy) is 1. The second-order valence-corrected chi connectivity index (χ2v) is 8.53. The van der Waals surface area contributed by atoms with Crippen molar-refractivity contribution in [2.45, 2.75) is 39.2 Å². The van der Waals surface area contributed by atoms with E-state index in [9.17, 15) is 4.79 Å². The molecule has 0 spiro atoms. The molecule has 2 heterocycles. The van der Waals surface area contributed by atoms with Gasteiger partial charge in [-0.3, -0.25) is 4.99 Å². The number of amides is 1. The summed E-state index contributed by atoms with van der Waals surface area (Å²) in [7, 11) is 1.80. The number of aliphatic imine (C=N–C) groups is 1. The molecule has 0 aliphatic carbocycles. The number of hydrogen-bond donors (Lipinski definition) is 2. The Balaban J connectivity index is 0.00000341. The maximum Gasteiger partial charge on any atom is 0.409 e. The van der Waals surface area contributed by atoms with Crippen molar-refractivity contribution in [2.75, 3.05) is 51.3 Å². The molecule has 31 heavy (non-hydrogen) atoms. The molecule has 2 aliphatic rings. The van der Waals surface area contributed by atoms with Crippen LogP contribution >= 0.6 is 35.6 Å². The maximum absolute atomic E-state index is 11.8. The van der Waals surface area contributed by atoms with Crippen molar-refractivity contribution in [2.24, 2.45) is 10.9 Å². The molecule has 0 saturated carbocycles. The monoisotopic (exact) mass is 563 g/mol. The number of hydrogen-bond acceptors (Lipinski definition) is 4. The summed E-state index contributed by atoms with van der Waals surface area (Å²) >= 11 is 6.20. The summed E-state index contributed by atoms with van der Waals surface area (Å²) in [4.78, 5) is 20.4. The van der Waals surface area contributed by atoms with E-state index in [0.717, 1.165) is 49.9 Å². The van der Waals surface area contributed by atoms with Crippen LogP contribution in [0.5, 0.6) is 0 Å². The molecular formula is C22H35ClIN5O2. The molecule has 174 valence electrons. The lowest BCUT2D eigenvalue weighted by atomic mass is 10.1. The van der Waals surface area contributed by atoms with Gasteiger partial charge in [-0.05, 0) is 56.7 Å². The molecule has 1 aromatic rings. The molecule has 2 fully saturated rings. The molecule has 1 amide bonds. The standard InChI is InChI=1S/C22H34ClN5O2.HI/c1-4-30-22(29)27-11-8-19(9-12-27)26-21(24-3)25-14-17-7-10-28(15-17)20-13-18(23)6-5-16(20)2;/h5-6,13,17,19H,4,7-12,14-15H2,1-3H3,(H2,24,25,26);1H. The summed E-state index contributed by atoms with van der Waals surface area (Å²) in [6.45, 7) is 8.77. The molecular weight excluding hydrogens is 529 g/mol. The largest absolute Gasteiger partial charge is 0.450 e. The number of carbonyl (C=O) groups is 1. The van der Waals surface area contributed by atoms with Crippen LogP contribution in [0.1, 0.15) is 31.7 Å². The highest BCUT2D eigenvalue weighted by molar-refractivity contribution is 14.0. The smallest absolute Gasteiger partial charge is 0.409 e. The fourth-order valence-electron chi connectivity index (χ4n) is 4.19. The maximum atomic E-state index is 11.8. The molecule has 3 rings (SSSR count). The molecule has 2 aliphatic heterocycles. The minimum Gasteiger partial charge on any atom is -0.450 e. The Bertz CT molecular complexity index is 755. The predicted molar refractivity (Wildman–Crippen MR) is 138 cm³/mol. The zero-order valence-corrected chi connectivity index (χ0v) is 21.8. The van der Waals surface area contributed by atoms with E-state index in [4.69, 9.17) is 16.3 Å². The molecule has 0 radical (unpaired) electrons. The van der Waals surface area contributed by atoms with E-state index in [0.29, 0.717) is 31.7 Å². The van der Waals surface area contributed by atoms with Crippen LogP contribution in [-0.4, -0.2) is 69.4 Å². The van der Waals surface area contributed by atoms with Gasteiger partial charge < -0.3 is 25.2 Å². The molecule has 1 aromatic carbocycles. The molecule has 1 unspecified atom stereocenters. The van der Waals surface area contributed by atoms with Gasteiger partial charge in [0.15, 0.2) is 5.96 Å². The zero-order chi connectivity index (χ0) is 21.5. The van der Waals surface area contributed by atoms with Crippen LogP contribution in [0.2, 0.25) is 5.02 Å². The Morgan fingerprint density at radius 1 is 1.26 bits per heavy atom. The molecule has 0 bridgehead atoms. The molecule has 7 nitrogen and oxygen atoms in total. The number of halogens is 2. The summed E-state index contributed by atoms with van der Waals surface area (Å²) in [5, 5.41) is 7.79. The number of likely N-dealkylation sites (tertiary alicyclic amines) is 1. The fourth-order valence-corrected chi connectivity index (χ4v) is 4.36. The topological polar surface area (TPSA) is 69.2 Å². The first-order chi connectivity index (χ1) is 14.5. The SMILES string of the molecule is CCOC(=O)N1CCC(NC(=NC)NCC2CCN(c3cc(Cl)ccc3C)C2)CC1.I. The Morgan fingerprint density at radius 3 is 2.68 bits per heavy atom. The average Bonchev–Trinajstić information content (AvgIpc) is 3.22. The first kappa shape index (κ1) is 25.8. The van der Waals surface area contributed by atoms with Gasteiger partial charge in [0, 0.05) is 56.5 Å². The van der Waals surface area contributed by atoms with Crippen molar-refractivity contribution < 1.29 is 9.53 Å². The van der Waals surface area contributed by atoms with Crippen LogP contribution in [0.3, 0.4) is 0 Å². The minimum absolute atomic E-state index is 0. The number of aryl methyl sites for hydroxylation is 1. The van der Waals surface area contributed by atoms with Crippen LogP contribution in [-0.2, 0) is 4.74 Å². The summed E-state index contributed by atoms with van der Waals surface area (Å²) in [6.07, 6.45) is 2.72. The van der Waals surface area contributed by atoms with Crippen LogP contribution in [0.25, 0.3) is 0 Å². The second kappa shape index (κ2) is 12.6. The van der Waals surface area contributed by atoms with Crippen molar-refractivity contribution in [3.8, 4) is 0 Å². The first-order valence-electron chi connectivity index (χ1n) is 10.9. The third kappa shape index (κ3) is 7.30. The third-order valence-electron chi connectivity index (χ3n) is 5.94. The molecule has 2 saturated heterocycles. The lowest BCUT2D eigenvalue weighted by Gasteiger charge is -2.32. The van der Waals surface area contributed by atoms with Crippen molar-refractivity contribution in [1.29, 1.82) is 0 Å². The third-order valence-corrected chi connectivity index (χ3v) is 6.18. The Morgan fingerprint density at radius 2 is 2.00 bits per heavy atom. The lowest BCUT2D eigenvalue weighted by Crippen LogP contribution is -2.50. The van der Waals surface area contributed by atoms with Crippen LogP contribution in [0, 0.1) is 12.8 Å². The summed E-state index contributed by atoms with van der Waals surface area (Å²) < 4.78 is 5.09. The summed E-state index contributed by atoms with van der Waals surface area (Å²) in [5.41, 5.74) is 2.50. The van der Waals surface area contributed by atoms with Gasteiger partial charge in [0.25, 0.3) is 0 Å². The number of benzene rings is 1. The molecule has 9 heteroatoms. The Labute approximate surface area is 207 Å². The van der Waals surface area contributed by atoms with Gasteiger partial charge in [-0.15, -0.1) is 24.0 Å². The van der Waals surface area contributed by atoms with Crippen LogP contribution in [0.4, 0.5) is 10.5 Å². The Hall–Kier alpha value is -1.42. The highest BCUT2D eigenvalue weighted by Gasteiger charge is 2.26. The van der Waals surface area contributed by atoms with Crippen molar-refractivity contribution >= 4 is 53.3 Å². The summed E-state index contributed by atoms with van der Waals surface area (Å²) in [6, 6.07) is 6.41. The number of anilines is 1. The number of carbonyl (C=O) groups excluding carboxylic acids is 1. The molecule has 1 atom stereocenters. The van der Waals surface area contributed by atoms with Crippen molar-refractivity contribution in [3.05, 3.63) is 28.8 Å². The van der Waals surface area contributed by atoms with E-state index in [1.807, 2.05) is 13.0 Å². The number of nitrogens with zero attached hydrogens (tertiary/aromatic N) is 3. The van der Waals surface area contributed by atoms with E-state index >= 15 is 0 Å². The fraction of sp³-hybridized carbons (Fsp3) is 0.636. The van der Waals surface area contributed by atoms with Gasteiger partial charge in [-0.25, -0.2) is 4.79 Å². The minimum atomic E-state index is -0.209. The number of rotatable bonds is 5. The van der Waals surface area contributed by atoms with Crippen LogP contribution < -0.4 is 15.5 Å². The van der Waals surface area contributed by atoms with E-state index in [-0.39, 0.29) is 30.1 Å². The Kier molecular flexibility index (Phi) is 10.5. The van der Waals surface area contributed by atoms with Gasteiger partial charge in [0.05, 0.1) is 6.61 Å². The highest BCUT2D eigenvalue weighted by Crippen LogP contribution is 2.29. The van der Waals surface area contributed by atoms with Crippen molar-refractivity contribution in [1.82, 2.24) is 15.5 Å². The molecule has 0 aromatic heterocycles. The number of guanidine groups is 1. The van der Waals surface area contributed by atoms with Gasteiger partial charge in [-0.1, -0.05) is 17.7 Å². The highest BCUT2D eigenvalue weighted by atomic mass is 127. The molecule has 2 N–H and O–H groups in total. The average molecular weight is 564 g/mol. The number of piperidine rings is 1. The van der Waals surface area contributed by atoms with E-state index in [1.54, 1.807) is 11.9 Å². The van der Waals surface area contributed by atoms with Crippen molar-refractivity contribution in [3.63, 3.8) is 0 Å². The van der Waals surface area contributed by atoms with Crippen LogP contribution in [0.15, 0.2) is 23.2 Å². The quantitative estimate of drug-likeness (QED) is 0.323. The second-order valence-electron chi connectivity index (χ2n) is 8.09.